The van der Waals surface area contributed by atoms with E-state index in [0.29, 0.717) is 25.1 Å². The van der Waals surface area contributed by atoms with Gasteiger partial charge < -0.3 is 34.3 Å². The largest absolute Gasteiger partial charge is 0.475 e. The standard InChI is InChI=1S/C14H26NO7P.C12H26NO2P.C8H15NO4/c1-6-8-19-23(18,20-9-7-2)21-10-14(15-12(4)16)11(3)22-13(5)17;1-7-9-14-16(15-10-8-2)13(11(3)4)12(5)6;1-5(13-7(3)12)8(4-10)9-6(2)11/h6,11,14H,1,7-10H2,2-5H3,(H,15,16);7,11-12H,1,8-10H2,2-6H3;5,8,10H,4H2,1-3H3,(H,9,11)/t11-,14+,23?;;5-,8+/m1.1/s1. The molecule has 0 radical (unpaired) electrons. The maximum absolute atomic E-state index is 12.4. The summed E-state index contributed by atoms with van der Waals surface area (Å²) in [5.41, 5.74) is 0. The van der Waals surface area contributed by atoms with Crippen LogP contribution in [0.15, 0.2) is 25.3 Å². The van der Waals surface area contributed by atoms with Gasteiger partial charge in [-0.1, -0.05) is 26.0 Å². The molecule has 0 bridgehead atoms. The van der Waals surface area contributed by atoms with E-state index >= 15 is 0 Å². The van der Waals surface area contributed by atoms with Crippen molar-refractivity contribution in [2.45, 2.75) is 132 Å². The van der Waals surface area contributed by atoms with Crippen molar-refractivity contribution in [2.75, 3.05) is 39.6 Å². The van der Waals surface area contributed by atoms with Crippen molar-refractivity contribution in [1.82, 2.24) is 15.3 Å². The van der Waals surface area contributed by atoms with Crippen LogP contribution in [0.2, 0.25) is 0 Å². The third kappa shape index (κ3) is 29.2. The summed E-state index contributed by atoms with van der Waals surface area (Å²) in [6.45, 7) is 29.2. The molecule has 0 aromatic heterocycles. The minimum atomic E-state index is -3.79. The van der Waals surface area contributed by atoms with Crippen LogP contribution >= 0.6 is 16.3 Å². The van der Waals surface area contributed by atoms with E-state index in [1.807, 2.05) is 6.92 Å². The van der Waals surface area contributed by atoms with Crippen molar-refractivity contribution in [3.63, 3.8) is 0 Å². The molecule has 0 aromatic carbocycles. The second-order valence-electron chi connectivity index (χ2n) is 11.8. The van der Waals surface area contributed by atoms with Gasteiger partial charge >= 0.3 is 19.8 Å². The lowest BCUT2D eigenvalue weighted by Crippen LogP contribution is -2.45. The van der Waals surface area contributed by atoms with E-state index in [0.717, 1.165) is 13.0 Å². The number of phosphoric acid groups is 1. The van der Waals surface area contributed by atoms with Crippen molar-refractivity contribution in [2.24, 2.45) is 0 Å². The molecular weight excluding hydrogens is 720 g/mol. The first-order chi connectivity index (χ1) is 24.2. The summed E-state index contributed by atoms with van der Waals surface area (Å²) >= 11 is 0. The SMILES string of the molecule is C=CCOP(=O)(OCCC)OC[C@H](NC(C)=O)[C@@H](C)OC(C)=O.C=CCOP(OCCC)N(C(C)C)C(C)C.CC(=O)N[C@@H](CO)[C@@H](C)OC(C)=O. The Morgan fingerprint density at radius 2 is 1.19 bits per heavy atom. The van der Waals surface area contributed by atoms with Crippen molar-refractivity contribution in [1.29, 1.82) is 0 Å². The minimum absolute atomic E-state index is 0.00864. The Bertz CT molecular complexity index is 1060. The number of rotatable bonds is 25. The molecule has 2 amide bonds. The molecule has 0 rings (SSSR count). The minimum Gasteiger partial charge on any atom is -0.461 e. The molecule has 0 heterocycles. The zero-order valence-electron chi connectivity index (χ0n) is 33.4. The summed E-state index contributed by atoms with van der Waals surface area (Å²) in [7, 11) is -4.74. The molecule has 0 saturated heterocycles. The number of esters is 2. The van der Waals surface area contributed by atoms with Gasteiger partial charge in [0.25, 0.3) is 8.53 Å². The topological polar surface area (TPSA) is 197 Å². The number of phosphoric ester groups is 1. The number of carbonyl (C=O) groups is 4. The van der Waals surface area contributed by atoms with E-state index in [2.05, 4.69) is 63.1 Å². The van der Waals surface area contributed by atoms with Gasteiger partial charge in [-0.05, 0) is 54.4 Å². The van der Waals surface area contributed by atoms with Gasteiger partial charge in [-0.15, -0.1) is 13.2 Å². The normalized spacial score (nSPS) is 14.9. The van der Waals surface area contributed by atoms with E-state index in [1.54, 1.807) is 19.9 Å². The molecule has 16 nitrogen and oxygen atoms in total. The number of carbonyl (C=O) groups excluding carboxylic acids is 4. The van der Waals surface area contributed by atoms with E-state index in [1.165, 1.54) is 33.8 Å². The summed E-state index contributed by atoms with van der Waals surface area (Å²) in [6.07, 6.45) is 3.63. The number of aliphatic hydroxyl groups excluding tert-OH is 1. The molecule has 0 aromatic rings. The average molecular weight is 788 g/mol. The Morgan fingerprint density at radius 1 is 0.731 bits per heavy atom. The predicted molar refractivity (Wildman–Crippen MR) is 202 cm³/mol. The van der Waals surface area contributed by atoms with Crippen molar-refractivity contribution in [3.8, 4) is 0 Å². The smallest absolute Gasteiger partial charge is 0.461 e. The molecule has 6 atom stereocenters. The third-order valence-corrected chi connectivity index (χ3v) is 9.49. The lowest BCUT2D eigenvalue weighted by atomic mass is 10.2. The Balaban J connectivity index is -0.000000727. The number of nitrogens with zero attached hydrogens (tertiary/aromatic N) is 1. The number of ether oxygens (including phenoxy) is 2. The average Bonchev–Trinajstić information content (AvgIpc) is 3.04. The van der Waals surface area contributed by atoms with Crippen LogP contribution in [-0.2, 0) is 55.8 Å². The molecule has 52 heavy (non-hydrogen) atoms. The zero-order valence-corrected chi connectivity index (χ0v) is 35.2. The monoisotopic (exact) mass is 787 g/mol. The Labute approximate surface area is 313 Å². The molecular formula is C34H67N3O13P2. The van der Waals surface area contributed by atoms with Gasteiger partial charge in [-0.25, -0.2) is 9.24 Å². The molecule has 18 heteroatoms. The lowest BCUT2D eigenvalue weighted by Gasteiger charge is -2.35. The zero-order chi connectivity index (χ0) is 40.9. The van der Waals surface area contributed by atoms with E-state index in [4.69, 9.17) is 37.2 Å². The van der Waals surface area contributed by atoms with Crippen LogP contribution in [0.5, 0.6) is 0 Å². The van der Waals surface area contributed by atoms with Crippen LogP contribution < -0.4 is 10.6 Å². The van der Waals surface area contributed by atoms with Crippen LogP contribution in [0.25, 0.3) is 0 Å². The van der Waals surface area contributed by atoms with Crippen molar-refractivity contribution in [3.05, 3.63) is 25.3 Å². The first kappa shape index (κ1) is 54.1. The molecule has 0 aliphatic carbocycles. The Hall–Kier alpha value is -2.26. The van der Waals surface area contributed by atoms with Gasteiger partial charge in [-0.3, -0.25) is 32.7 Å². The summed E-state index contributed by atoms with van der Waals surface area (Å²) < 4.78 is 51.5. The fourth-order valence-electron chi connectivity index (χ4n) is 3.88. The highest BCUT2D eigenvalue weighted by atomic mass is 31.2. The second-order valence-corrected chi connectivity index (χ2v) is 14.9. The highest BCUT2D eigenvalue weighted by molar-refractivity contribution is 7.48. The van der Waals surface area contributed by atoms with E-state index < -0.39 is 52.6 Å². The van der Waals surface area contributed by atoms with Gasteiger partial charge in [-0.2, -0.15) is 0 Å². The Kier molecular flexibility index (Phi) is 33.5. The van der Waals surface area contributed by atoms with Crippen LogP contribution in [0.3, 0.4) is 0 Å². The quantitative estimate of drug-likeness (QED) is 0.0588. The number of hydrogen-bond donors (Lipinski definition) is 3. The summed E-state index contributed by atoms with van der Waals surface area (Å²) in [4.78, 5) is 43.5. The molecule has 0 aliphatic heterocycles. The molecule has 0 fully saturated rings. The summed E-state index contributed by atoms with van der Waals surface area (Å²) in [5.74, 6) is -1.54. The summed E-state index contributed by atoms with van der Waals surface area (Å²) in [5, 5.41) is 13.9. The molecule has 306 valence electrons. The molecule has 3 N–H and O–H groups in total. The molecule has 0 spiro atoms. The van der Waals surface area contributed by atoms with Gasteiger partial charge in [0.15, 0.2) is 0 Å². The lowest BCUT2D eigenvalue weighted by molar-refractivity contribution is -0.149. The predicted octanol–water partition coefficient (Wildman–Crippen LogP) is 5.59. The fraction of sp³-hybridized carbons (Fsp3) is 0.765. The maximum atomic E-state index is 12.4. The number of amides is 2. The van der Waals surface area contributed by atoms with Crippen molar-refractivity contribution < 1.29 is 60.9 Å². The van der Waals surface area contributed by atoms with Crippen molar-refractivity contribution >= 4 is 40.1 Å². The number of nitrogens with one attached hydrogen (secondary N) is 2. The summed E-state index contributed by atoms with van der Waals surface area (Å²) in [6, 6.07) is -0.385. The van der Waals surface area contributed by atoms with Gasteiger partial charge in [0, 0.05) is 39.8 Å². The van der Waals surface area contributed by atoms with Gasteiger partial charge in [0.2, 0.25) is 11.8 Å². The number of aliphatic hydroxyl groups is 1. The van der Waals surface area contributed by atoms with E-state index in [9.17, 15) is 23.7 Å². The van der Waals surface area contributed by atoms with Crippen LogP contribution in [0.1, 0.15) is 95.9 Å². The third-order valence-electron chi connectivity index (χ3n) is 5.98. The van der Waals surface area contributed by atoms with Crippen LogP contribution in [0, 0.1) is 0 Å². The first-order valence-corrected chi connectivity index (χ1v) is 19.9. The van der Waals surface area contributed by atoms with E-state index in [-0.39, 0.29) is 38.2 Å². The van der Waals surface area contributed by atoms with Gasteiger partial charge in [0.1, 0.15) is 12.2 Å². The maximum Gasteiger partial charge on any atom is 0.475 e. The van der Waals surface area contributed by atoms with Crippen LogP contribution in [-0.4, -0.2) is 110 Å². The number of hydrogen-bond acceptors (Lipinski definition) is 14. The van der Waals surface area contributed by atoms with Gasteiger partial charge in [0.05, 0.1) is 51.7 Å². The molecule has 2 unspecified atom stereocenters. The highest BCUT2D eigenvalue weighted by Crippen LogP contribution is 2.49. The highest BCUT2D eigenvalue weighted by Gasteiger charge is 2.31. The molecule has 0 aliphatic rings. The van der Waals surface area contributed by atoms with Crippen LogP contribution in [0.4, 0.5) is 0 Å². The Morgan fingerprint density at radius 3 is 1.58 bits per heavy atom. The fourth-order valence-corrected chi connectivity index (χ4v) is 6.80. The molecule has 0 saturated carbocycles. The second kappa shape index (κ2) is 32.2. The first-order valence-electron chi connectivity index (χ1n) is 17.3.